The number of rotatable bonds is 9. The highest BCUT2D eigenvalue weighted by Gasteiger charge is 2.18. The van der Waals surface area contributed by atoms with Crippen LogP contribution in [0.1, 0.15) is 50.7 Å². The van der Waals surface area contributed by atoms with Gasteiger partial charge in [-0.15, -0.1) is 0 Å². The summed E-state index contributed by atoms with van der Waals surface area (Å²) in [6.07, 6.45) is -0.378. The van der Waals surface area contributed by atoms with E-state index in [0.717, 1.165) is 11.1 Å². The van der Waals surface area contributed by atoms with Gasteiger partial charge < -0.3 is 19.5 Å². The van der Waals surface area contributed by atoms with E-state index in [1.165, 1.54) is 0 Å². The highest BCUT2D eigenvalue weighted by atomic mass is 16.7. The molecule has 0 spiro atoms. The minimum Gasteiger partial charge on any atom is -0.425 e. The van der Waals surface area contributed by atoms with Crippen LogP contribution < -0.4 is 10.1 Å². The van der Waals surface area contributed by atoms with E-state index in [4.69, 9.17) is 14.2 Å². The van der Waals surface area contributed by atoms with Crippen molar-refractivity contribution in [1.29, 1.82) is 0 Å². The Hall–Kier alpha value is -1.43. The quantitative estimate of drug-likeness (QED) is 0.430. The predicted molar refractivity (Wildman–Crippen MR) is 90.9 cm³/mol. The van der Waals surface area contributed by atoms with Gasteiger partial charge in [0.15, 0.2) is 6.29 Å². The second-order valence-electron chi connectivity index (χ2n) is 6.08. The highest BCUT2D eigenvalue weighted by molar-refractivity contribution is 5.75. The maximum Gasteiger partial charge on any atom is 0.325 e. The molecule has 0 fully saturated rings. The highest BCUT2D eigenvalue weighted by Crippen LogP contribution is 2.34. The molecule has 1 aromatic rings. The molecule has 5 heteroatoms. The van der Waals surface area contributed by atoms with Crippen molar-refractivity contribution in [2.75, 3.05) is 27.3 Å². The van der Waals surface area contributed by atoms with E-state index in [-0.39, 0.29) is 30.6 Å². The summed E-state index contributed by atoms with van der Waals surface area (Å²) in [4.78, 5) is 12.2. The minimum atomic E-state index is -0.378. The first-order valence-electron chi connectivity index (χ1n) is 8.00. The van der Waals surface area contributed by atoms with Crippen LogP contribution in [0.2, 0.25) is 0 Å². The molecular weight excluding hydrogens is 294 g/mol. The van der Waals surface area contributed by atoms with Gasteiger partial charge >= 0.3 is 5.97 Å². The van der Waals surface area contributed by atoms with Gasteiger partial charge in [-0.1, -0.05) is 45.9 Å². The topological polar surface area (TPSA) is 56.8 Å². The molecule has 0 bridgehead atoms. The number of hydrogen-bond donors (Lipinski definition) is 1. The first-order chi connectivity index (χ1) is 10.9. The number of nitrogens with one attached hydrogen (secondary N) is 1. The van der Waals surface area contributed by atoms with Crippen LogP contribution in [0.25, 0.3) is 0 Å². The zero-order valence-electron chi connectivity index (χ0n) is 15.0. The third-order valence-corrected chi connectivity index (χ3v) is 3.64. The van der Waals surface area contributed by atoms with Crippen molar-refractivity contribution in [3.63, 3.8) is 0 Å². The average Bonchev–Trinajstić information content (AvgIpc) is 2.51. The van der Waals surface area contributed by atoms with Crippen LogP contribution in [-0.2, 0) is 14.3 Å². The van der Waals surface area contributed by atoms with Crippen molar-refractivity contribution in [1.82, 2.24) is 5.32 Å². The summed E-state index contributed by atoms with van der Waals surface area (Å²) >= 11 is 0. The predicted octanol–water partition coefficient (Wildman–Crippen LogP) is 3.05. The molecule has 130 valence electrons. The van der Waals surface area contributed by atoms with E-state index in [1.54, 1.807) is 14.2 Å². The molecule has 1 N–H and O–H groups in total. The molecule has 23 heavy (non-hydrogen) atoms. The van der Waals surface area contributed by atoms with Crippen LogP contribution in [0, 0.1) is 0 Å². The van der Waals surface area contributed by atoms with Crippen molar-refractivity contribution in [2.24, 2.45) is 0 Å². The van der Waals surface area contributed by atoms with Crippen molar-refractivity contribution in [3.05, 3.63) is 29.3 Å². The van der Waals surface area contributed by atoms with Gasteiger partial charge in [-0.3, -0.25) is 4.79 Å². The Kier molecular flexibility index (Phi) is 8.23. The van der Waals surface area contributed by atoms with Crippen LogP contribution in [0.3, 0.4) is 0 Å². The van der Waals surface area contributed by atoms with Crippen molar-refractivity contribution in [3.8, 4) is 5.75 Å². The molecule has 0 aliphatic rings. The Labute approximate surface area is 139 Å². The second-order valence-corrected chi connectivity index (χ2v) is 6.08. The lowest BCUT2D eigenvalue weighted by molar-refractivity contribution is -0.134. The van der Waals surface area contributed by atoms with Gasteiger partial charge in [-0.2, -0.15) is 0 Å². The van der Waals surface area contributed by atoms with Crippen LogP contribution in [-0.4, -0.2) is 39.6 Å². The summed E-state index contributed by atoms with van der Waals surface area (Å²) in [7, 11) is 3.12. The number of benzene rings is 1. The summed E-state index contributed by atoms with van der Waals surface area (Å²) in [5.41, 5.74) is 2.10. The Morgan fingerprint density at radius 2 is 1.57 bits per heavy atom. The standard InChI is InChI=1S/C18H29NO4/c1-12(2)14-8-7-9-15(13(3)4)18(14)23-16(20)10-19-11-17(21-5)22-6/h7-9,12-13,17,19H,10-11H2,1-6H3. The van der Waals surface area contributed by atoms with Gasteiger partial charge in [-0.05, 0) is 23.0 Å². The molecule has 0 aliphatic heterocycles. The van der Waals surface area contributed by atoms with Gasteiger partial charge in [-0.25, -0.2) is 0 Å². The fourth-order valence-electron chi connectivity index (χ4n) is 2.31. The molecule has 1 rings (SSSR count). The third kappa shape index (κ3) is 5.94. The molecule has 0 saturated heterocycles. The molecule has 0 radical (unpaired) electrons. The summed E-state index contributed by atoms with van der Waals surface area (Å²) in [6.45, 7) is 8.90. The van der Waals surface area contributed by atoms with Gasteiger partial charge in [0.1, 0.15) is 5.75 Å². The van der Waals surface area contributed by atoms with E-state index in [0.29, 0.717) is 12.3 Å². The van der Waals surface area contributed by atoms with E-state index in [1.807, 2.05) is 18.2 Å². The molecule has 0 aromatic heterocycles. The van der Waals surface area contributed by atoms with E-state index in [9.17, 15) is 4.79 Å². The normalized spacial score (nSPS) is 11.5. The number of carbonyl (C=O) groups is 1. The fraction of sp³-hybridized carbons (Fsp3) is 0.611. The van der Waals surface area contributed by atoms with E-state index in [2.05, 4.69) is 33.0 Å². The van der Waals surface area contributed by atoms with Crippen molar-refractivity contribution >= 4 is 5.97 Å². The zero-order valence-corrected chi connectivity index (χ0v) is 15.0. The van der Waals surface area contributed by atoms with Crippen molar-refractivity contribution < 1.29 is 19.0 Å². The van der Waals surface area contributed by atoms with Crippen molar-refractivity contribution in [2.45, 2.75) is 45.8 Å². The molecule has 0 saturated carbocycles. The largest absolute Gasteiger partial charge is 0.425 e. The number of ether oxygens (including phenoxy) is 3. The smallest absolute Gasteiger partial charge is 0.325 e. The molecule has 0 heterocycles. The number of para-hydroxylation sites is 1. The summed E-state index contributed by atoms with van der Waals surface area (Å²) in [5, 5.41) is 2.98. The summed E-state index contributed by atoms with van der Waals surface area (Å²) in [5.74, 6) is 0.955. The van der Waals surface area contributed by atoms with Crippen LogP contribution in [0.4, 0.5) is 0 Å². The fourth-order valence-corrected chi connectivity index (χ4v) is 2.31. The Bertz CT molecular complexity index is 470. The van der Waals surface area contributed by atoms with E-state index >= 15 is 0 Å². The Morgan fingerprint density at radius 1 is 1.04 bits per heavy atom. The minimum absolute atomic E-state index is 0.104. The van der Waals surface area contributed by atoms with Gasteiger partial charge in [0, 0.05) is 20.8 Å². The lowest BCUT2D eigenvalue weighted by Gasteiger charge is -2.19. The number of carbonyl (C=O) groups excluding carboxylic acids is 1. The van der Waals surface area contributed by atoms with Crippen LogP contribution >= 0.6 is 0 Å². The van der Waals surface area contributed by atoms with Crippen LogP contribution in [0.15, 0.2) is 18.2 Å². The third-order valence-electron chi connectivity index (χ3n) is 3.64. The molecule has 0 aliphatic carbocycles. The number of esters is 1. The first kappa shape index (κ1) is 19.6. The number of hydrogen-bond acceptors (Lipinski definition) is 5. The monoisotopic (exact) mass is 323 g/mol. The maximum atomic E-state index is 12.2. The molecule has 5 nitrogen and oxygen atoms in total. The SMILES string of the molecule is COC(CNCC(=O)Oc1c(C(C)C)cccc1C(C)C)OC. The van der Waals surface area contributed by atoms with Crippen LogP contribution in [0.5, 0.6) is 5.75 Å². The summed E-state index contributed by atoms with van der Waals surface area (Å²) in [6, 6.07) is 6.04. The molecule has 0 amide bonds. The van der Waals surface area contributed by atoms with Gasteiger partial charge in [0.25, 0.3) is 0 Å². The Morgan fingerprint density at radius 3 is 2.00 bits per heavy atom. The Balaban J connectivity index is 2.77. The van der Waals surface area contributed by atoms with Gasteiger partial charge in [0.05, 0.1) is 6.54 Å². The summed E-state index contributed by atoms with van der Waals surface area (Å²) < 4.78 is 15.8. The first-order valence-corrected chi connectivity index (χ1v) is 8.00. The van der Waals surface area contributed by atoms with Gasteiger partial charge in [0.2, 0.25) is 0 Å². The zero-order chi connectivity index (χ0) is 17.4. The lowest BCUT2D eigenvalue weighted by Crippen LogP contribution is -2.35. The second kappa shape index (κ2) is 9.65. The average molecular weight is 323 g/mol. The molecular formula is C18H29NO4. The molecule has 1 aromatic carbocycles. The lowest BCUT2D eigenvalue weighted by atomic mass is 9.94. The maximum absolute atomic E-state index is 12.2. The van der Waals surface area contributed by atoms with E-state index < -0.39 is 0 Å². The molecule has 0 atom stereocenters. The molecule has 0 unspecified atom stereocenters. The number of methoxy groups -OCH3 is 2.